The number of carbonyl (C=O) groups is 3. The van der Waals surface area contributed by atoms with Crippen molar-refractivity contribution in [1.82, 2.24) is 10.2 Å². The van der Waals surface area contributed by atoms with E-state index < -0.39 is 5.97 Å². The fraction of sp³-hybridized carbons (Fsp3) is 0.357. The summed E-state index contributed by atoms with van der Waals surface area (Å²) in [5.41, 5.74) is 0. The molecule has 6 nitrogen and oxygen atoms in total. The van der Waals surface area contributed by atoms with Crippen LogP contribution in [0.25, 0.3) is 6.08 Å². The highest BCUT2D eigenvalue weighted by molar-refractivity contribution is 7.14. The molecule has 0 radical (unpaired) electrons. The van der Waals surface area contributed by atoms with E-state index in [1.54, 1.807) is 12.1 Å². The Bertz CT molecular complexity index is 551. The number of likely N-dealkylation sites (N-methyl/N-ethyl adjacent to an activating group) is 1. The Balaban J connectivity index is 2.83. The van der Waals surface area contributed by atoms with Gasteiger partial charge in [-0.2, -0.15) is 0 Å². The van der Waals surface area contributed by atoms with Crippen LogP contribution in [0.1, 0.15) is 27.9 Å². The van der Waals surface area contributed by atoms with Crippen LogP contribution in [0.2, 0.25) is 0 Å². The zero-order chi connectivity index (χ0) is 15.8. The maximum Gasteiger partial charge on any atom is 0.328 e. The molecule has 2 amide bonds. The molecule has 1 heterocycles. The SMILES string of the molecule is CCCN(CC(=O)NC)C(=O)c1ccc(C=CC(=O)O)s1. The lowest BCUT2D eigenvalue weighted by atomic mass is 10.3. The molecule has 0 fully saturated rings. The fourth-order valence-corrected chi connectivity index (χ4v) is 2.52. The van der Waals surface area contributed by atoms with E-state index in [0.717, 1.165) is 12.5 Å². The number of thiophene rings is 1. The molecule has 0 aliphatic rings. The van der Waals surface area contributed by atoms with Crippen LogP contribution in [0.4, 0.5) is 0 Å². The van der Waals surface area contributed by atoms with Crippen molar-refractivity contribution < 1.29 is 19.5 Å². The first kappa shape index (κ1) is 16.9. The summed E-state index contributed by atoms with van der Waals surface area (Å²) < 4.78 is 0. The molecular weight excluding hydrogens is 292 g/mol. The fourth-order valence-electron chi connectivity index (χ4n) is 1.64. The molecule has 1 aromatic heterocycles. The summed E-state index contributed by atoms with van der Waals surface area (Å²) in [6.45, 7) is 2.44. The lowest BCUT2D eigenvalue weighted by Gasteiger charge is -2.20. The molecule has 0 bridgehead atoms. The third kappa shape index (κ3) is 5.39. The number of carbonyl (C=O) groups excluding carboxylic acids is 2. The van der Waals surface area contributed by atoms with E-state index in [2.05, 4.69) is 5.32 Å². The van der Waals surface area contributed by atoms with Gasteiger partial charge in [-0.25, -0.2) is 4.79 Å². The van der Waals surface area contributed by atoms with Crippen LogP contribution < -0.4 is 5.32 Å². The average molecular weight is 310 g/mol. The van der Waals surface area contributed by atoms with Gasteiger partial charge >= 0.3 is 5.97 Å². The van der Waals surface area contributed by atoms with Crippen LogP contribution in [-0.4, -0.2) is 47.9 Å². The minimum atomic E-state index is -1.04. The van der Waals surface area contributed by atoms with Gasteiger partial charge in [-0.15, -0.1) is 11.3 Å². The molecule has 7 heteroatoms. The van der Waals surface area contributed by atoms with E-state index >= 15 is 0 Å². The Hall–Kier alpha value is -2.15. The molecule has 1 rings (SSSR count). The topological polar surface area (TPSA) is 86.7 Å². The standard InChI is InChI=1S/C14H18N2O4S/c1-3-8-16(9-12(17)15-2)14(20)11-6-4-10(21-11)5-7-13(18)19/h4-7H,3,8-9H2,1-2H3,(H,15,17)(H,18,19). The zero-order valence-corrected chi connectivity index (χ0v) is 12.8. The van der Waals surface area contributed by atoms with E-state index in [-0.39, 0.29) is 18.4 Å². The molecule has 21 heavy (non-hydrogen) atoms. The summed E-state index contributed by atoms with van der Waals surface area (Å²) in [4.78, 5) is 36.9. The Labute approximate surface area is 127 Å². The van der Waals surface area contributed by atoms with Gasteiger partial charge in [-0.05, 0) is 24.6 Å². The Morgan fingerprint density at radius 2 is 2.10 bits per heavy atom. The molecule has 0 aliphatic carbocycles. The van der Waals surface area contributed by atoms with E-state index in [1.165, 1.54) is 29.4 Å². The molecule has 2 N–H and O–H groups in total. The summed E-state index contributed by atoms with van der Waals surface area (Å²) in [6, 6.07) is 3.32. The number of amides is 2. The number of aliphatic carboxylic acids is 1. The molecule has 0 aliphatic heterocycles. The molecule has 0 saturated carbocycles. The van der Waals surface area contributed by atoms with Crippen LogP contribution in [-0.2, 0) is 9.59 Å². The maximum atomic E-state index is 12.4. The number of hydrogen-bond acceptors (Lipinski definition) is 4. The number of carboxylic acid groups (broad SMARTS) is 1. The van der Waals surface area contributed by atoms with Crippen molar-refractivity contribution in [3.63, 3.8) is 0 Å². The molecule has 0 spiro atoms. The molecule has 114 valence electrons. The number of carboxylic acids is 1. The van der Waals surface area contributed by atoms with Crippen LogP contribution in [0.5, 0.6) is 0 Å². The number of nitrogens with zero attached hydrogens (tertiary/aromatic N) is 1. The summed E-state index contributed by atoms with van der Waals surface area (Å²) in [5.74, 6) is -1.48. The molecule has 0 saturated heterocycles. The highest BCUT2D eigenvalue weighted by Gasteiger charge is 2.19. The van der Waals surface area contributed by atoms with Gasteiger partial charge in [-0.1, -0.05) is 6.92 Å². The lowest BCUT2D eigenvalue weighted by molar-refractivity contribution is -0.131. The number of nitrogens with one attached hydrogen (secondary N) is 1. The highest BCUT2D eigenvalue weighted by Crippen LogP contribution is 2.20. The average Bonchev–Trinajstić information content (AvgIpc) is 2.92. The predicted molar refractivity (Wildman–Crippen MR) is 81.3 cm³/mol. The first-order chi connectivity index (χ1) is 9.97. The minimum absolute atomic E-state index is 0.0152. The molecule has 1 aromatic rings. The van der Waals surface area contributed by atoms with Crippen molar-refractivity contribution in [3.8, 4) is 0 Å². The predicted octanol–water partition coefficient (Wildman–Crippen LogP) is 1.44. The van der Waals surface area contributed by atoms with Crippen molar-refractivity contribution in [2.75, 3.05) is 20.1 Å². The Kier molecular flexibility index (Phi) is 6.61. The first-order valence-corrected chi connectivity index (χ1v) is 7.30. The summed E-state index contributed by atoms with van der Waals surface area (Å²) >= 11 is 1.20. The monoisotopic (exact) mass is 310 g/mol. The van der Waals surface area contributed by atoms with Crippen LogP contribution >= 0.6 is 11.3 Å². The van der Waals surface area contributed by atoms with Crippen molar-refractivity contribution in [3.05, 3.63) is 28.0 Å². The Morgan fingerprint density at radius 3 is 2.67 bits per heavy atom. The number of hydrogen-bond donors (Lipinski definition) is 2. The molecular formula is C14H18N2O4S. The van der Waals surface area contributed by atoms with Gasteiger partial charge in [0.1, 0.15) is 0 Å². The van der Waals surface area contributed by atoms with Crippen molar-refractivity contribution in [1.29, 1.82) is 0 Å². The first-order valence-electron chi connectivity index (χ1n) is 6.48. The van der Waals surface area contributed by atoms with Crippen molar-refractivity contribution in [2.45, 2.75) is 13.3 Å². The van der Waals surface area contributed by atoms with E-state index in [4.69, 9.17) is 5.11 Å². The van der Waals surface area contributed by atoms with Crippen LogP contribution in [0, 0.1) is 0 Å². The second-order valence-electron chi connectivity index (χ2n) is 4.27. The smallest absolute Gasteiger partial charge is 0.328 e. The third-order valence-corrected chi connectivity index (χ3v) is 3.66. The van der Waals surface area contributed by atoms with Gasteiger partial charge < -0.3 is 15.3 Å². The molecule has 0 unspecified atom stereocenters. The summed E-state index contributed by atoms with van der Waals surface area (Å²) in [6.07, 6.45) is 3.21. The van der Waals surface area contributed by atoms with Gasteiger partial charge in [0.2, 0.25) is 5.91 Å². The van der Waals surface area contributed by atoms with E-state index in [0.29, 0.717) is 16.3 Å². The Morgan fingerprint density at radius 1 is 1.38 bits per heavy atom. The molecule has 0 aromatic carbocycles. The second-order valence-corrected chi connectivity index (χ2v) is 5.39. The van der Waals surface area contributed by atoms with Crippen LogP contribution in [0.3, 0.4) is 0 Å². The zero-order valence-electron chi connectivity index (χ0n) is 12.0. The maximum absolute atomic E-state index is 12.4. The molecule has 0 atom stereocenters. The van der Waals surface area contributed by atoms with Crippen molar-refractivity contribution in [2.24, 2.45) is 0 Å². The third-order valence-electron chi connectivity index (χ3n) is 2.62. The number of rotatable bonds is 7. The van der Waals surface area contributed by atoms with Crippen molar-refractivity contribution >= 4 is 35.2 Å². The van der Waals surface area contributed by atoms with Gasteiger partial charge in [0.15, 0.2) is 0 Å². The van der Waals surface area contributed by atoms with Gasteiger partial charge in [0, 0.05) is 24.5 Å². The van der Waals surface area contributed by atoms with Gasteiger partial charge in [0.05, 0.1) is 11.4 Å². The second kappa shape index (κ2) is 8.21. The minimum Gasteiger partial charge on any atom is -0.478 e. The largest absolute Gasteiger partial charge is 0.478 e. The highest BCUT2D eigenvalue weighted by atomic mass is 32.1. The van der Waals surface area contributed by atoms with E-state index in [9.17, 15) is 14.4 Å². The van der Waals surface area contributed by atoms with Crippen LogP contribution in [0.15, 0.2) is 18.2 Å². The van der Waals surface area contributed by atoms with E-state index in [1.807, 2.05) is 6.92 Å². The summed E-state index contributed by atoms with van der Waals surface area (Å²) in [5, 5.41) is 11.1. The quantitative estimate of drug-likeness (QED) is 0.746. The van der Waals surface area contributed by atoms with Gasteiger partial charge in [-0.3, -0.25) is 9.59 Å². The van der Waals surface area contributed by atoms with Gasteiger partial charge in [0.25, 0.3) is 5.91 Å². The lowest BCUT2D eigenvalue weighted by Crippen LogP contribution is -2.39. The normalized spacial score (nSPS) is 10.6. The summed E-state index contributed by atoms with van der Waals surface area (Å²) in [7, 11) is 1.52.